The van der Waals surface area contributed by atoms with Gasteiger partial charge < -0.3 is 5.53 Å². The first kappa shape index (κ1) is 9.09. The van der Waals surface area contributed by atoms with Gasteiger partial charge in [-0.15, -0.1) is 0 Å². The van der Waals surface area contributed by atoms with E-state index in [0.29, 0.717) is 5.56 Å². The maximum atomic E-state index is 10.5. The molecule has 0 heterocycles. The van der Waals surface area contributed by atoms with E-state index in [-0.39, 0.29) is 12.1 Å². The van der Waals surface area contributed by atoms with E-state index >= 15 is 0 Å². The Bertz CT molecular complexity index is 369. The first-order valence-electron chi connectivity index (χ1n) is 3.64. The minimum absolute atomic E-state index is 0.0439. The van der Waals surface area contributed by atoms with Crippen molar-refractivity contribution in [1.82, 2.24) is 0 Å². The highest BCUT2D eigenvalue weighted by Gasteiger charge is 2.11. The molecule has 0 fully saturated rings. The van der Waals surface area contributed by atoms with Crippen LogP contribution in [0.3, 0.4) is 0 Å². The lowest BCUT2D eigenvalue weighted by atomic mass is 10.1. The fraction of sp³-hybridized carbons (Fsp3) is 0.125. The molecule has 66 valence electrons. The Morgan fingerprint density at radius 3 is 2.85 bits per heavy atom. The Balaban J connectivity index is 3.04. The third kappa shape index (κ3) is 2.21. The largest absolute Gasteiger partial charge is 0.362 e. The minimum atomic E-state index is -0.458. The highest BCUT2D eigenvalue weighted by Crippen LogP contribution is 2.16. The van der Waals surface area contributed by atoms with Gasteiger partial charge in [0.05, 0.1) is 11.3 Å². The average Bonchev–Trinajstić information content (AvgIpc) is 2.15. The molecule has 0 aliphatic heterocycles. The molecule has 0 aliphatic rings. The third-order valence-corrected chi connectivity index (χ3v) is 1.58. The van der Waals surface area contributed by atoms with Crippen molar-refractivity contribution in [2.75, 3.05) is 0 Å². The summed E-state index contributed by atoms with van der Waals surface area (Å²) < 4.78 is 0. The van der Waals surface area contributed by atoms with E-state index in [0.717, 1.165) is 0 Å². The van der Waals surface area contributed by atoms with E-state index in [9.17, 15) is 10.1 Å². The molecule has 5 nitrogen and oxygen atoms in total. The van der Waals surface area contributed by atoms with Gasteiger partial charge in [0, 0.05) is 11.6 Å². The van der Waals surface area contributed by atoms with E-state index < -0.39 is 4.92 Å². The second kappa shape index (κ2) is 4.13. The van der Waals surface area contributed by atoms with Gasteiger partial charge in [-0.2, -0.15) is 4.79 Å². The van der Waals surface area contributed by atoms with Crippen LogP contribution in [0.1, 0.15) is 5.56 Å². The summed E-state index contributed by atoms with van der Waals surface area (Å²) >= 11 is 0. The second-order valence-corrected chi connectivity index (χ2v) is 2.39. The summed E-state index contributed by atoms with van der Waals surface area (Å²) in [6, 6.07) is 6.34. The van der Waals surface area contributed by atoms with Crippen molar-refractivity contribution in [3.63, 3.8) is 0 Å². The Hall–Kier alpha value is -2.00. The first-order valence-corrected chi connectivity index (χ1v) is 3.64. The molecule has 1 aromatic rings. The molecule has 0 saturated carbocycles. The molecule has 0 saturated heterocycles. The van der Waals surface area contributed by atoms with Crippen molar-refractivity contribution < 1.29 is 9.71 Å². The maximum absolute atomic E-state index is 10.5. The van der Waals surface area contributed by atoms with Gasteiger partial charge in [0.1, 0.15) is 0 Å². The molecular weight excluding hydrogens is 170 g/mol. The SMILES string of the molecule is [N-]=[N+]=CCc1ccccc1[N+](=O)[O-]. The number of nitro groups is 1. The number of nitro benzene ring substituents is 1. The highest BCUT2D eigenvalue weighted by atomic mass is 16.6. The van der Waals surface area contributed by atoms with Crippen LogP contribution in [0, 0.1) is 10.1 Å². The van der Waals surface area contributed by atoms with E-state index in [1.807, 2.05) is 0 Å². The Kier molecular flexibility index (Phi) is 2.89. The van der Waals surface area contributed by atoms with Gasteiger partial charge in [0.15, 0.2) is 0 Å². The van der Waals surface area contributed by atoms with Crippen molar-refractivity contribution >= 4 is 11.9 Å². The van der Waals surface area contributed by atoms with Crippen molar-refractivity contribution in [3.8, 4) is 0 Å². The minimum Gasteiger partial charge on any atom is -0.362 e. The Morgan fingerprint density at radius 1 is 1.54 bits per heavy atom. The molecule has 1 rings (SSSR count). The molecule has 13 heavy (non-hydrogen) atoms. The van der Waals surface area contributed by atoms with E-state index in [4.69, 9.17) is 5.53 Å². The first-order chi connectivity index (χ1) is 6.25. The van der Waals surface area contributed by atoms with E-state index in [1.54, 1.807) is 18.2 Å². The lowest BCUT2D eigenvalue weighted by Gasteiger charge is -1.95. The summed E-state index contributed by atoms with van der Waals surface area (Å²) in [6.45, 7) is 0. The van der Waals surface area contributed by atoms with E-state index in [1.165, 1.54) is 12.3 Å². The highest BCUT2D eigenvalue weighted by molar-refractivity contribution is 5.59. The monoisotopic (exact) mass is 177 g/mol. The number of nitrogens with zero attached hydrogens (tertiary/aromatic N) is 3. The van der Waals surface area contributed by atoms with Gasteiger partial charge in [0.2, 0.25) is 0 Å². The molecular formula is C8H7N3O2. The zero-order chi connectivity index (χ0) is 9.68. The molecule has 5 heteroatoms. The smallest absolute Gasteiger partial charge is 0.273 e. The van der Waals surface area contributed by atoms with Crippen LogP contribution in [0.15, 0.2) is 24.3 Å². The molecule has 0 aliphatic carbocycles. The van der Waals surface area contributed by atoms with Crippen LogP contribution in [0.2, 0.25) is 0 Å². The average molecular weight is 177 g/mol. The summed E-state index contributed by atoms with van der Waals surface area (Å²) in [4.78, 5) is 12.8. The van der Waals surface area contributed by atoms with Gasteiger partial charge >= 0.3 is 0 Å². The molecule has 0 amide bonds. The fourth-order valence-electron chi connectivity index (χ4n) is 1.00. The van der Waals surface area contributed by atoms with Crippen LogP contribution in [-0.4, -0.2) is 15.9 Å². The second-order valence-electron chi connectivity index (χ2n) is 2.39. The van der Waals surface area contributed by atoms with Gasteiger partial charge in [-0.25, -0.2) is 0 Å². The predicted octanol–water partition coefficient (Wildman–Crippen LogP) is 1.44. The molecule has 0 aromatic heterocycles. The summed E-state index contributed by atoms with van der Waals surface area (Å²) in [5, 5.41) is 10.5. The lowest BCUT2D eigenvalue weighted by molar-refractivity contribution is -0.385. The summed E-state index contributed by atoms with van der Waals surface area (Å²) in [7, 11) is 0. The number of hydrogen-bond donors (Lipinski definition) is 0. The Morgan fingerprint density at radius 2 is 2.23 bits per heavy atom. The molecule has 0 bridgehead atoms. The standard InChI is InChI=1S/C8H7N3O2/c9-10-6-5-7-3-1-2-4-8(7)11(12)13/h1-4,6H,5H2. The zero-order valence-electron chi connectivity index (χ0n) is 6.75. The molecule has 0 atom stereocenters. The van der Waals surface area contributed by atoms with Crippen molar-refractivity contribution in [2.24, 2.45) is 0 Å². The molecule has 0 spiro atoms. The van der Waals surface area contributed by atoms with E-state index in [2.05, 4.69) is 4.79 Å². The van der Waals surface area contributed by atoms with Crippen molar-refractivity contribution in [3.05, 3.63) is 45.5 Å². The fourth-order valence-corrected chi connectivity index (χ4v) is 1.00. The Labute approximate surface area is 74.4 Å². The predicted molar refractivity (Wildman–Crippen MR) is 46.5 cm³/mol. The van der Waals surface area contributed by atoms with Gasteiger partial charge in [-0.05, 0) is 0 Å². The topological polar surface area (TPSA) is 79.5 Å². The molecule has 1 aromatic carbocycles. The summed E-state index contributed by atoms with van der Waals surface area (Å²) in [5.41, 5.74) is 8.73. The lowest BCUT2D eigenvalue weighted by Crippen LogP contribution is -1.95. The molecule has 0 N–H and O–H groups in total. The summed E-state index contributed by atoms with van der Waals surface area (Å²) in [6.07, 6.45) is 1.47. The zero-order valence-corrected chi connectivity index (χ0v) is 6.75. The van der Waals surface area contributed by atoms with Gasteiger partial charge in [-0.3, -0.25) is 10.1 Å². The number of rotatable bonds is 3. The maximum Gasteiger partial charge on any atom is 0.273 e. The van der Waals surface area contributed by atoms with Gasteiger partial charge in [-0.1, -0.05) is 18.2 Å². The number of hydrogen-bond acceptors (Lipinski definition) is 2. The molecule has 0 radical (unpaired) electrons. The molecule has 0 unspecified atom stereocenters. The van der Waals surface area contributed by atoms with Crippen LogP contribution in [0.5, 0.6) is 0 Å². The summed E-state index contributed by atoms with van der Waals surface area (Å²) in [5.74, 6) is 0. The van der Waals surface area contributed by atoms with Crippen LogP contribution in [-0.2, 0) is 6.42 Å². The normalized spacial score (nSPS) is 8.92. The van der Waals surface area contributed by atoms with Crippen LogP contribution in [0.4, 0.5) is 5.69 Å². The van der Waals surface area contributed by atoms with Crippen molar-refractivity contribution in [2.45, 2.75) is 6.42 Å². The van der Waals surface area contributed by atoms with Crippen LogP contribution >= 0.6 is 0 Å². The van der Waals surface area contributed by atoms with Gasteiger partial charge in [0.25, 0.3) is 11.9 Å². The van der Waals surface area contributed by atoms with Crippen LogP contribution < -0.4 is 0 Å². The number of para-hydroxylation sites is 1. The quantitative estimate of drug-likeness (QED) is 0.230. The number of benzene rings is 1. The van der Waals surface area contributed by atoms with Crippen molar-refractivity contribution in [1.29, 1.82) is 0 Å². The van der Waals surface area contributed by atoms with Crippen LogP contribution in [0.25, 0.3) is 5.53 Å². The third-order valence-electron chi connectivity index (χ3n) is 1.58.